The van der Waals surface area contributed by atoms with E-state index in [1.807, 2.05) is 20.8 Å². The van der Waals surface area contributed by atoms with Crippen molar-refractivity contribution in [2.75, 3.05) is 12.3 Å². The highest BCUT2D eigenvalue weighted by molar-refractivity contribution is 5.68. The summed E-state index contributed by atoms with van der Waals surface area (Å²) >= 11 is 0. The third kappa shape index (κ3) is 5.63. The molecule has 0 saturated heterocycles. The number of ether oxygens (including phenoxy) is 1. The highest BCUT2D eigenvalue weighted by Gasteiger charge is 2.22. The minimum Gasteiger partial charge on any atom is -0.444 e. The number of nitrogen functional groups attached to an aromatic ring is 1. The molecule has 108 valence electrons. The van der Waals surface area contributed by atoms with Crippen molar-refractivity contribution in [1.82, 2.24) is 15.1 Å². The molecular weight excluding hydrogens is 244 g/mol. The number of carbonyl (C=O) groups is 1. The van der Waals surface area contributed by atoms with Crippen molar-refractivity contribution in [3.63, 3.8) is 0 Å². The number of hydrogen-bond donors (Lipinski definition) is 2. The van der Waals surface area contributed by atoms with Gasteiger partial charge in [0.15, 0.2) is 0 Å². The number of nitrogens with zero attached hydrogens (tertiary/aromatic N) is 2. The standard InChI is InChI=1S/C13H24N4O2/c1-5-6-7-17(12(18)19-13(2,3)4)9-10-8-11(14)16-15-10/h8H,5-7,9H2,1-4H3,(H3,14,15,16). The monoisotopic (exact) mass is 268 g/mol. The summed E-state index contributed by atoms with van der Waals surface area (Å²) in [6.45, 7) is 8.71. The molecule has 0 spiro atoms. The maximum absolute atomic E-state index is 12.1. The number of nitrogens with two attached hydrogens (primary N) is 1. The molecule has 6 nitrogen and oxygen atoms in total. The van der Waals surface area contributed by atoms with Gasteiger partial charge in [-0.2, -0.15) is 5.10 Å². The van der Waals surface area contributed by atoms with E-state index in [0.29, 0.717) is 18.9 Å². The first-order valence-corrected chi connectivity index (χ1v) is 6.59. The Labute approximate surface area is 114 Å². The zero-order chi connectivity index (χ0) is 14.5. The molecule has 0 unspecified atom stereocenters. The van der Waals surface area contributed by atoms with Gasteiger partial charge in [-0.15, -0.1) is 0 Å². The van der Waals surface area contributed by atoms with E-state index in [4.69, 9.17) is 10.5 Å². The Morgan fingerprint density at radius 1 is 1.53 bits per heavy atom. The van der Waals surface area contributed by atoms with Crippen LogP contribution >= 0.6 is 0 Å². The van der Waals surface area contributed by atoms with Crippen LogP contribution in [0.4, 0.5) is 10.6 Å². The Bertz CT molecular complexity index is 409. The van der Waals surface area contributed by atoms with Crippen LogP contribution in [-0.2, 0) is 11.3 Å². The van der Waals surface area contributed by atoms with Gasteiger partial charge < -0.3 is 15.4 Å². The normalized spacial score (nSPS) is 11.4. The number of H-pyrrole nitrogens is 1. The van der Waals surface area contributed by atoms with E-state index in [2.05, 4.69) is 17.1 Å². The molecule has 0 aliphatic carbocycles. The van der Waals surface area contributed by atoms with Crippen molar-refractivity contribution in [1.29, 1.82) is 0 Å². The molecule has 0 aromatic carbocycles. The minimum atomic E-state index is -0.494. The van der Waals surface area contributed by atoms with Crippen molar-refractivity contribution in [2.24, 2.45) is 0 Å². The highest BCUT2D eigenvalue weighted by Crippen LogP contribution is 2.13. The van der Waals surface area contributed by atoms with Crippen LogP contribution < -0.4 is 5.73 Å². The summed E-state index contributed by atoms with van der Waals surface area (Å²) in [5.41, 5.74) is 5.82. The lowest BCUT2D eigenvalue weighted by Crippen LogP contribution is -2.37. The third-order valence-corrected chi connectivity index (χ3v) is 2.44. The topological polar surface area (TPSA) is 84.2 Å². The number of carbonyl (C=O) groups excluding carboxylic acids is 1. The molecule has 0 bridgehead atoms. The summed E-state index contributed by atoms with van der Waals surface area (Å²) in [7, 11) is 0. The molecule has 0 atom stereocenters. The van der Waals surface area contributed by atoms with Crippen LogP contribution in [0, 0.1) is 0 Å². The molecule has 1 heterocycles. The van der Waals surface area contributed by atoms with E-state index in [0.717, 1.165) is 18.5 Å². The van der Waals surface area contributed by atoms with E-state index in [1.165, 1.54) is 0 Å². The summed E-state index contributed by atoms with van der Waals surface area (Å²) < 4.78 is 5.39. The largest absolute Gasteiger partial charge is 0.444 e. The van der Waals surface area contributed by atoms with E-state index < -0.39 is 5.60 Å². The number of rotatable bonds is 5. The quantitative estimate of drug-likeness (QED) is 0.859. The first kappa shape index (κ1) is 15.3. The van der Waals surface area contributed by atoms with Crippen LogP contribution in [-0.4, -0.2) is 33.3 Å². The molecule has 0 aliphatic heterocycles. The number of hydrogen-bond acceptors (Lipinski definition) is 4. The molecule has 0 aliphatic rings. The minimum absolute atomic E-state index is 0.317. The van der Waals surface area contributed by atoms with Gasteiger partial charge in [0.2, 0.25) is 0 Å². The fourth-order valence-corrected chi connectivity index (χ4v) is 1.57. The predicted octanol–water partition coefficient (Wildman–Crippen LogP) is 2.53. The first-order valence-electron chi connectivity index (χ1n) is 6.59. The maximum atomic E-state index is 12.1. The fourth-order valence-electron chi connectivity index (χ4n) is 1.57. The van der Waals surface area contributed by atoms with Crippen molar-refractivity contribution in [3.05, 3.63) is 11.8 Å². The summed E-state index contributed by atoms with van der Waals surface area (Å²) in [6, 6.07) is 1.73. The van der Waals surface area contributed by atoms with E-state index in [9.17, 15) is 4.79 Å². The highest BCUT2D eigenvalue weighted by atomic mass is 16.6. The summed E-state index contributed by atoms with van der Waals surface area (Å²) in [5.74, 6) is 0.495. The third-order valence-electron chi connectivity index (χ3n) is 2.44. The predicted molar refractivity (Wildman–Crippen MR) is 74.6 cm³/mol. The van der Waals surface area contributed by atoms with Gasteiger partial charge in [0.1, 0.15) is 11.4 Å². The molecule has 1 amide bonds. The van der Waals surface area contributed by atoms with Gasteiger partial charge in [-0.3, -0.25) is 5.10 Å². The SMILES string of the molecule is CCCCN(Cc1cc(N)[nH]n1)C(=O)OC(C)(C)C. The zero-order valence-corrected chi connectivity index (χ0v) is 12.2. The van der Waals surface area contributed by atoms with Crippen LogP contribution in [0.3, 0.4) is 0 Å². The van der Waals surface area contributed by atoms with Gasteiger partial charge in [0.05, 0.1) is 12.2 Å². The van der Waals surface area contributed by atoms with Gasteiger partial charge in [0, 0.05) is 12.6 Å². The van der Waals surface area contributed by atoms with Gasteiger partial charge in [-0.1, -0.05) is 13.3 Å². The van der Waals surface area contributed by atoms with Crippen LogP contribution in [0.5, 0.6) is 0 Å². The molecule has 19 heavy (non-hydrogen) atoms. The van der Waals surface area contributed by atoms with Crippen molar-refractivity contribution < 1.29 is 9.53 Å². The molecule has 1 rings (SSSR count). The second kappa shape index (κ2) is 6.45. The van der Waals surface area contributed by atoms with E-state index >= 15 is 0 Å². The molecule has 0 fully saturated rings. The zero-order valence-electron chi connectivity index (χ0n) is 12.2. The number of amides is 1. The Balaban J connectivity index is 2.68. The average Bonchev–Trinajstić information content (AvgIpc) is 2.67. The number of aromatic amines is 1. The van der Waals surface area contributed by atoms with Crippen molar-refractivity contribution in [3.8, 4) is 0 Å². The van der Waals surface area contributed by atoms with Crippen LogP contribution in [0.1, 0.15) is 46.2 Å². The molecule has 6 heteroatoms. The van der Waals surface area contributed by atoms with E-state index in [1.54, 1.807) is 11.0 Å². The summed E-state index contributed by atoms with van der Waals surface area (Å²) in [5, 5.41) is 6.71. The van der Waals surface area contributed by atoms with Gasteiger partial charge in [0.25, 0.3) is 0 Å². The molecule has 1 aromatic heterocycles. The number of aromatic nitrogens is 2. The first-order chi connectivity index (χ1) is 8.81. The number of nitrogens with one attached hydrogen (secondary N) is 1. The Morgan fingerprint density at radius 3 is 2.68 bits per heavy atom. The molecule has 1 aromatic rings. The Kier molecular flexibility index (Phi) is 5.20. The van der Waals surface area contributed by atoms with Crippen molar-refractivity contribution >= 4 is 11.9 Å². The maximum Gasteiger partial charge on any atom is 0.410 e. The fraction of sp³-hybridized carbons (Fsp3) is 0.692. The molecular formula is C13H24N4O2. The Hall–Kier alpha value is -1.72. The summed E-state index contributed by atoms with van der Waals surface area (Å²) in [4.78, 5) is 13.8. The van der Waals surface area contributed by atoms with Gasteiger partial charge in [-0.05, 0) is 27.2 Å². The lowest BCUT2D eigenvalue weighted by atomic mass is 10.2. The average molecular weight is 268 g/mol. The van der Waals surface area contributed by atoms with Crippen LogP contribution in [0.15, 0.2) is 6.07 Å². The second-order valence-electron chi connectivity index (χ2n) is 5.57. The molecule has 0 saturated carbocycles. The number of anilines is 1. The number of unbranched alkanes of at least 4 members (excludes halogenated alkanes) is 1. The second-order valence-corrected chi connectivity index (χ2v) is 5.57. The summed E-state index contributed by atoms with van der Waals surface area (Å²) in [6.07, 6.45) is 1.63. The van der Waals surface area contributed by atoms with Crippen LogP contribution in [0.2, 0.25) is 0 Å². The van der Waals surface area contributed by atoms with Crippen molar-refractivity contribution in [2.45, 2.75) is 52.7 Å². The molecule has 3 N–H and O–H groups in total. The lowest BCUT2D eigenvalue weighted by Gasteiger charge is -2.26. The molecule has 0 radical (unpaired) electrons. The van der Waals surface area contributed by atoms with Gasteiger partial charge in [-0.25, -0.2) is 4.79 Å². The smallest absolute Gasteiger partial charge is 0.410 e. The van der Waals surface area contributed by atoms with E-state index in [-0.39, 0.29) is 6.09 Å². The van der Waals surface area contributed by atoms with Crippen LogP contribution in [0.25, 0.3) is 0 Å². The van der Waals surface area contributed by atoms with Gasteiger partial charge >= 0.3 is 6.09 Å². The Morgan fingerprint density at radius 2 is 2.21 bits per heavy atom. The lowest BCUT2D eigenvalue weighted by molar-refractivity contribution is 0.0229.